The maximum Gasteiger partial charge on any atom is 0.0552 e. The number of halogens is 1. The predicted molar refractivity (Wildman–Crippen MR) is 75.2 cm³/mol. The van der Waals surface area contributed by atoms with Gasteiger partial charge in [-0.3, -0.25) is 0 Å². The van der Waals surface area contributed by atoms with Crippen LogP contribution in [0.3, 0.4) is 0 Å². The van der Waals surface area contributed by atoms with Crippen LogP contribution >= 0.6 is 22.6 Å². The largest absolute Gasteiger partial charge is 0.0791 e. The van der Waals surface area contributed by atoms with Crippen LogP contribution in [0.4, 0.5) is 0 Å². The first-order chi connectivity index (χ1) is 6.99. The molecule has 0 saturated heterocycles. The van der Waals surface area contributed by atoms with Crippen molar-refractivity contribution in [2.75, 3.05) is 0 Å². The van der Waals surface area contributed by atoms with E-state index in [1.54, 1.807) is 0 Å². The SMILES string of the molecule is CC1=C(C)C2C=CC(C)(I)C=CC2C=C1. The highest BCUT2D eigenvalue weighted by Crippen LogP contribution is 2.36. The first kappa shape index (κ1) is 11.2. The molecule has 0 radical (unpaired) electrons. The van der Waals surface area contributed by atoms with E-state index in [-0.39, 0.29) is 3.42 Å². The van der Waals surface area contributed by atoms with E-state index in [1.165, 1.54) is 11.1 Å². The van der Waals surface area contributed by atoms with E-state index >= 15 is 0 Å². The first-order valence-corrected chi connectivity index (χ1v) is 6.51. The third-order valence-electron chi connectivity index (χ3n) is 3.38. The Balaban J connectivity index is 2.40. The van der Waals surface area contributed by atoms with Crippen molar-refractivity contribution in [3.05, 3.63) is 47.6 Å². The minimum atomic E-state index is 0.178. The summed E-state index contributed by atoms with van der Waals surface area (Å²) in [7, 11) is 0. The smallest absolute Gasteiger partial charge is 0.0552 e. The van der Waals surface area contributed by atoms with E-state index in [4.69, 9.17) is 0 Å². The molecule has 0 spiro atoms. The van der Waals surface area contributed by atoms with Gasteiger partial charge in [0.1, 0.15) is 0 Å². The van der Waals surface area contributed by atoms with Crippen LogP contribution in [0.15, 0.2) is 47.6 Å². The maximum absolute atomic E-state index is 2.49. The lowest BCUT2D eigenvalue weighted by Gasteiger charge is -2.24. The molecule has 2 rings (SSSR count). The highest BCUT2D eigenvalue weighted by Gasteiger charge is 2.25. The molecule has 80 valence electrons. The fourth-order valence-corrected chi connectivity index (χ4v) is 2.58. The monoisotopic (exact) mass is 312 g/mol. The van der Waals surface area contributed by atoms with Crippen molar-refractivity contribution < 1.29 is 0 Å². The summed E-state index contributed by atoms with van der Waals surface area (Å²) in [4.78, 5) is 0. The Kier molecular flexibility index (Phi) is 2.93. The Morgan fingerprint density at radius 3 is 2.53 bits per heavy atom. The van der Waals surface area contributed by atoms with E-state index in [0.717, 1.165) is 0 Å². The van der Waals surface area contributed by atoms with Gasteiger partial charge in [0, 0.05) is 11.8 Å². The van der Waals surface area contributed by atoms with Crippen molar-refractivity contribution in [2.24, 2.45) is 11.8 Å². The van der Waals surface area contributed by atoms with Crippen LogP contribution < -0.4 is 0 Å². The number of allylic oxidation sites excluding steroid dienone is 8. The van der Waals surface area contributed by atoms with Crippen LogP contribution in [-0.2, 0) is 0 Å². The highest BCUT2D eigenvalue weighted by molar-refractivity contribution is 14.1. The van der Waals surface area contributed by atoms with Gasteiger partial charge in [-0.25, -0.2) is 0 Å². The molecule has 3 atom stereocenters. The fraction of sp³-hybridized carbons (Fsp3) is 0.429. The molecule has 0 aromatic heterocycles. The molecule has 3 unspecified atom stereocenters. The molecule has 0 N–H and O–H groups in total. The van der Waals surface area contributed by atoms with Crippen LogP contribution in [0.25, 0.3) is 0 Å². The number of rotatable bonds is 0. The molecule has 2 aliphatic carbocycles. The molecular formula is C14H17I. The Morgan fingerprint density at radius 1 is 1.13 bits per heavy atom. The zero-order valence-electron chi connectivity index (χ0n) is 9.50. The van der Waals surface area contributed by atoms with E-state index in [1.807, 2.05) is 0 Å². The molecule has 0 aliphatic heterocycles. The second-order valence-corrected chi connectivity index (χ2v) is 7.02. The zero-order chi connectivity index (χ0) is 11.1. The summed E-state index contributed by atoms with van der Waals surface area (Å²) in [5, 5.41) is 0. The van der Waals surface area contributed by atoms with Crippen molar-refractivity contribution in [1.29, 1.82) is 0 Å². The van der Waals surface area contributed by atoms with Crippen LogP contribution in [0, 0.1) is 11.8 Å². The maximum atomic E-state index is 2.49. The van der Waals surface area contributed by atoms with Gasteiger partial charge in [-0.2, -0.15) is 0 Å². The van der Waals surface area contributed by atoms with E-state index in [2.05, 4.69) is 79.8 Å². The third-order valence-corrected chi connectivity index (χ3v) is 4.10. The van der Waals surface area contributed by atoms with Gasteiger partial charge in [0.2, 0.25) is 0 Å². The lowest BCUT2D eigenvalue weighted by molar-refractivity contribution is 0.625. The topological polar surface area (TPSA) is 0 Å². The van der Waals surface area contributed by atoms with E-state index in [9.17, 15) is 0 Å². The summed E-state index contributed by atoms with van der Waals surface area (Å²) in [5.74, 6) is 1.13. The Morgan fingerprint density at radius 2 is 1.80 bits per heavy atom. The molecule has 0 saturated carbocycles. The average Bonchev–Trinajstić information content (AvgIpc) is 2.32. The van der Waals surface area contributed by atoms with Gasteiger partial charge < -0.3 is 0 Å². The van der Waals surface area contributed by atoms with Gasteiger partial charge in [0.15, 0.2) is 0 Å². The van der Waals surface area contributed by atoms with Gasteiger partial charge in [-0.1, -0.05) is 70.2 Å². The molecule has 1 heteroatoms. The molecule has 0 bridgehead atoms. The minimum absolute atomic E-state index is 0.178. The Bertz CT molecular complexity index is 380. The number of alkyl halides is 1. The number of fused-ring (bicyclic) bond motifs is 1. The standard InChI is InChI=1S/C14H17I/c1-10-4-5-12-6-8-14(3,15)9-7-13(12)11(10)2/h4-9,12-13H,1-3H3. The molecule has 15 heavy (non-hydrogen) atoms. The van der Waals surface area contributed by atoms with Gasteiger partial charge >= 0.3 is 0 Å². The van der Waals surface area contributed by atoms with Crippen molar-refractivity contribution >= 4 is 22.6 Å². The third kappa shape index (κ3) is 2.27. The average molecular weight is 312 g/mol. The molecule has 0 amide bonds. The number of hydrogen-bond acceptors (Lipinski definition) is 0. The molecule has 0 aromatic carbocycles. The second-order valence-electron chi connectivity index (χ2n) is 4.70. The Hall–Kier alpha value is -0.310. The summed E-state index contributed by atoms with van der Waals surface area (Å²) in [6.45, 7) is 6.70. The van der Waals surface area contributed by atoms with Gasteiger partial charge in [-0.05, 0) is 20.8 Å². The Labute approximate surface area is 106 Å². The van der Waals surface area contributed by atoms with Crippen molar-refractivity contribution in [1.82, 2.24) is 0 Å². The summed E-state index contributed by atoms with van der Waals surface area (Å²) in [6, 6.07) is 0. The van der Waals surface area contributed by atoms with Crippen LogP contribution in [0.1, 0.15) is 20.8 Å². The molecule has 0 aromatic rings. The lowest BCUT2D eigenvalue weighted by atomic mass is 9.80. The van der Waals surface area contributed by atoms with Gasteiger partial charge in [-0.15, -0.1) is 0 Å². The van der Waals surface area contributed by atoms with Crippen molar-refractivity contribution in [3.8, 4) is 0 Å². The van der Waals surface area contributed by atoms with Crippen LogP contribution in [0.2, 0.25) is 0 Å². The summed E-state index contributed by atoms with van der Waals surface area (Å²) in [6.07, 6.45) is 13.9. The van der Waals surface area contributed by atoms with Gasteiger partial charge in [0.25, 0.3) is 0 Å². The molecule has 0 heterocycles. The molecule has 0 nitrogen and oxygen atoms in total. The molecule has 0 fully saturated rings. The molecule has 2 aliphatic rings. The van der Waals surface area contributed by atoms with E-state index < -0.39 is 0 Å². The highest BCUT2D eigenvalue weighted by atomic mass is 127. The van der Waals surface area contributed by atoms with Gasteiger partial charge in [0.05, 0.1) is 3.42 Å². The second kappa shape index (κ2) is 3.93. The minimum Gasteiger partial charge on any atom is -0.0791 e. The van der Waals surface area contributed by atoms with Crippen LogP contribution in [-0.4, -0.2) is 3.42 Å². The van der Waals surface area contributed by atoms with Crippen molar-refractivity contribution in [3.63, 3.8) is 0 Å². The summed E-state index contributed by atoms with van der Waals surface area (Å²) < 4.78 is 0.178. The van der Waals surface area contributed by atoms with Crippen LogP contribution in [0.5, 0.6) is 0 Å². The zero-order valence-corrected chi connectivity index (χ0v) is 11.7. The fourth-order valence-electron chi connectivity index (χ4n) is 2.16. The summed E-state index contributed by atoms with van der Waals surface area (Å²) >= 11 is 2.49. The van der Waals surface area contributed by atoms with Crippen molar-refractivity contribution in [2.45, 2.75) is 24.2 Å². The lowest BCUT2D eigenvalue weighted by Crippen LogP contribution is -2.13. The summed E-state index contributed by atoms with van der Waals surface area (Å²) in [5.41, 5.74) is 2.93. The number of hydrogen-bond donors (Lipinski definition) is 0. The molecular weight excluding hydrogens is 295 g/mol. The normalized spacial score (nSPS) is 39.2. The quantitative estimate of drug-likeness (QED) is 0.352. The predicted octanol–water partition coefficient (Wildman–Crippen LogP) is 4.44. The van der Waals surface area contributed by atoms with E-state index in [0.29, 0.717) is 11.8 Å². The first-order valence-electron chi connectivity index (χ1n) is 5.43.